The van der Waals surface area contributed by atoms with Gasteiger partial charge in [-0.3, -0.25) is 0 Å². The van der Waals surface area contributed by atoms with Gasteiger partial charge in [-0.1, -0.05) is 0 Å². The number of aromatic nitrogens is 10. The Morgan fingerprint density at radius 3 is 1.23 bits per heavy atom. The number of nitrogens with zero attached hydrogens (tertiary/aromatic N) is 11. The van der Waals surface area contributed by atoms with Gasteiger partial charge in [0.25, 0.3) is 0 Å². The fourth-order valence-corrected chi connectivity index (χ4v) is 4.53. The van der Waals surface area contributed by atoms with E-state index in [9.17, 15) is 0 Å². The predicted octanol–water partition coefficient (Wildman–Crippen LogP) is 3.20. The van der Waals surface area contributed by atoms with Crippen molar-refractivity contribution in [2.75, 3.05) is 37.4 Å². The normalized spacial score (nSPS) is 10.6. The standard InChI is InChI=1S/C15H19N7.C15H18N6.Os/c1-21-7-5-18-14(21)12-9-11(17-4-3-16)10-13(20-12)15-19-6-8-22(15)2;1-19(2)11-9-12(14-16-5-7-20(14)3)18-13(10-11)15-17-6-8-21(15)4;/h5-10H,3-4,16H2,1-2H3,(H,17,20);5-10H,1-4H3;. The Bertz CT molecular complexity index is 1690. The molecule has 0 saturated carbocycles. The van der Waals surface area contributed by atoms with Crippen molar-refractivity contribution in [1.82, 2.24) is 48.2 Å². The van der Waals surface area contributed by atoms with Crippen LogP contribution in [-0.2, 0) is 48.0 Å². The van der Waals surface area contributed by atoms with Crippen LogP contribution in [0.3, 0.4) is 0 Å². The van der Waals surface area contributed by atoms with Crippen LogP contribution in [-0.4, -0.2) is 75.4 Å². The summed E-state index contributed by atoms with van der Waals surface area (Å²) in [5, 5.41) is 3.30. The predicted molar refractivity (Wildman–Crippen MR) is 169 cm³/mol. The molecule has 0 bridgehead atoms. The largest absolute Gasteiger partial charge is 0.384 e. The molecule has 0 amide bonds. The average molecular weight is 770 g/mol. The third-order valence-electron chi connectivity index (χ3n) is 6.83. The molecule has 0 fully saturated rings. The van der Waals surface area contributed by atoms with Crippen molar-refractivity contribution in [3.05, 3.63) is 73.8 Å². The van der Waals surface area contributed by atoms with Crippen molar-refractivity contribution >= 4 is 11.4 Å². The smallest absolute Gasteiger partial charge is 0.158 e. The summed E-state index contributed by atoms with van der Waals surface area (Å²) >= 11 is 0. The molecular formula is C30H37N13Os. The molecule has 14 heteroatoms. The zero-order valence-corrected chi connectivity index (χ0v) is 28.2. The monoisotopic (exact) mass is 771 g/mol. The minimum atomic E-state index is 0. The van der Waals surface area contributed by atoms with Crippen molar-refractivity contribution in [3.63, 3.8) is 0 Å². The fourth-order valence-electron chi connectivity index (χ4n) is 4.53. The van der Waals surface area contributed by atoms with Crippen LogP contribution in [0, 0.1) is 0 Å². The topological polar surface area (TPSA) is 138 Å². The van der Waals surface area contributed by atoms with Crippen LogP contribution in [0.15, 0.2) is 73.8 Å². The van der Waals surface area contributed by atoms with Crippen molar-refractivity contribution < 1.29 is 19.8 Å². The molecule has 0 aliphatic carbocycles. The SMILES string of the molecule is CN(C)c1cc(-c2nccn2C)nc(-c2nccn2C)c1.Cn1ccnc1-c1cc(NCCN)cc(-c2nccn2C)n1.[Os]. The van der Waals surface area contributed by atoms with E-state index in [1.807, 2.05) is 110 Å². The van der Waals surface area contributed by atoms with Crippen LogP contribution < -0.4 is 16.0 Å². The Morgan fingerprint density at radius 1 is 0.614 bits per heavy atom. The molecule has 0 spiro atoms. The van der Waals surface area contributed by atoms with Gasteiger partial charge in [-0.2, -0.15) is 0 Å². The second-order valence-corrected chi connectivity index (χ2v) is 10.3. The van der Waals surface area contributed by atoms with Crippen molar-refractivity contribution in [2.45, 2.75) is 0 Å². The second-order valence-electron chi connectivity index (χ2n) is 10.3. The van der Waals surface area contributed by atoms with Gasteiger partial charge in [0.15, 0.2) is 23.3 Å². The zero-order valence-electron chi connectivity index (χ0n) is 25.7. The first-order valence-electron chi connectivity index (χ1n) is 13.8. The van der Waals surface area contributed by atoms with Crippen LogP contribution >= 0.6 is 0 Å². The van der Waals surface area contributed by atoms with Crippen molar-refractivity contribution in [2.24, 2.45) is 33.9 Å². The minimum Gasteiger partial charge on any atom is -0.384 e. The summed E-state index contributed by atoms with van der Waals surface area (Å²) in [7, 11) is 11.9. The number of hydrogen-bond donors (Lipinski definition) is 2. The molecule has 3 N–H and O–H groups in total. The van der Waals surface area contributed by atoms with Gasteiger partial charge in [-0.25, -0.2) is 29.9 Å². The number of anilines is 2. The summed E-state index contributed by atoms with van der Waals surface area (Å²) < 4.78 is 7.81. The summed E-state index contributed by atoms with van der Waals surface area (Å²) in [5.74, 6) is 3.31. The van der Waals surface area contributed by atoms with Gasteiger partial charge in [-0.15, -0.1) is 0 Å². The van der Waals surface area contributed by atoms with Crippen LogP contribution in [0.1, 0.15) is 0 Å². The molecule has 6 aromatic rings. The van der Waals surface area contributed by atoms with Gasteiger partial charge >= 0.3 is 0 Å². The molecule has 0 aliphatic rings. The molecule has 230 valence electrons. The molecule has 13 nitrogen and oxygen atoms in total. The average Bonchev–Trinajstić information content (AvgIpc) is 3.81. The van der Waals surface area contributed by atoms with E-state index in [1.54, 1.807) is 24.8 Å². The van der Waals surface area contributed by atoms with E-state index in [2.05, 4.69) is 30.2 Å². The Kier molecular flexibility index (Phi) is 10.4. The number of nitrogens with two attached hydrogens (primary N) is 1. The van der Waals surface area contributed by atoms with Gasteiger partial charge in [0.1, 0.15) is 22.8 Å². The number of rotatable bonds is 8. The quantitative estimate of drug-likeness (QED) is 0.239. The van der Waals surface area contributed by atoms with Gasteiger partial charge in [0.2, 0.25) is 0 Å². The number of imidazole rings is 4. The molecule has 0 atom stereocenters. The third kappa shape index (κ3) is 7.10. The summed E-state index contributed by atoms with van der Waals surface area (Å²) in [5.41, 5.74) is 10.9. The Hall–Kier alpha value is -4.66. The Morgan fingerprint density at radius 2 is 0.955 bits per heavy atom. The Balaban J connectivity index is 0.000000197. The maximum atomic E-state index is 5.58. The first kappa shape index (κ1) is 32.3. The third-order valence-corrected chi connectivity index (χ3v) is 6.83. The van der Waals surface area contributed by atoms with E-state index >= 15 is 0 Å². The van der Waals surface area contributed by atoms with E-state index in [0.29, 0.717) is 13.1 Å². The molecule has 44 heavy (non-hydrogen) atoms. The van der Waals surface area contributed by atoms with Gasteiger partial charge in [-0.05, 0) is 24.3 Å². The summed E-state index contributed by atoms with van der Waals surface area (Å²) in [6.45, 7) is 1.27. The van der Waals surface area contributed by atoms with E-state index in [0.717, 1.165) is 57.4 Å². The molecule has 6 aromatic heterocycles. The van der Waals surface area contributed by atoms with Crippen molar-refractivity contribution in [1.29, 1.82) is 0 Å². The molecular weight excluding hydrogens is 733 g/mol. The van der Waals surface area contributed by atoms with E-state index < -0.39 is 0 Å². The van der Waals surface area contributed by atoms with Crippen LogP contribution in [0.5, 0.6) is 0 Å². The maximum Gasteiger partial charge on any atom is 0.158 e. The van der Waals surface area contributed by atoms with Gasteiger partial charge in [0.05, 0.1) is 0 Å². The minimum absolute atomic E-state index is 0. The zero-order chi connectivity index (χ0) is 30.5. The summed E-state index contributed by atoms with van der Waals surface area (Å²) in [4.78, 5) is 29.0. The van der Waals surface area contributed by atoms with E-state index in [-0.39, 0.29) is 19.8 Å². The number of nitrogens with one attached hydrogen (secondary N) is 1. The van der Waals surface area contributed by atoms with Crippen LogP contribution in [0.25, 0.3) is 46.1 Å². The second kappa shape index (κ2) is 14.2. The summed E-state index contributed by atoms with van der Waals surface area (Å²) in [6, 6.07) is 8.03. The number of hydrogen-bond acceptors (Lipinski definition) is 9. The molecule has 6 heterocycles. The molecule has 0 saturated heterocycles. The molecule has 0 unspecified atom stereocenters. The number of pyridine rings is 2. The van der Waals surface area contributed by atoms with Crippen LogP contribution in [0.4, 0.5) is 11.4 Å². The molecule has 0 aliphatic heterocycles. The maximum absolute atomic E-state index is 5.58. The molecule has 0 radical (unpaired) electrons. The van der Waals surface area contributed by atoms with E-state index in [1.165, 1.54) is 0 Å². The Labute approximate surface area is 269 Å². The first-order chi connectivity index (χ1) is 20.7. The van der Waals surface area contributed by atoms with E-state index in [4.69, 9.17) is 15.7 Å². The first-order valence-corrected chi connectivity index (χ1v) is 13.8. The molecule has 6 rings (SSSR count). The van der Waals surface area contributed by atoms with Gasteiger partial charge < -0.3 is 34.2 Å². The molecule has 0 aromatic carbocycles. The van der Waals surface area contributed by atoms with Crippen molar-refractivity contribution in [3.8, 4) is 46.1 Å². The number of aryl methyl sites for hydroxylation is 4. The van der Waals surface area contributed by atoms with Gasteiger partial charge in [0, 0.05) is 136 Å². The van der Waals surface area contributed by atoms with Crippen LogP contribution in [0.2, 0.25) is 0 Å². The fraction of sp³-hybridized carbons (Fsp3) is 0.267. The summed E-state index contributed by atoms with van der Waals surface area (Å²) in [6.07, 6.45) is 14.7.